The van der Waals surface area contributed by atoms with E-state index in [1.165, 1.54) is 6.21 Å². The fourth-order valence-corrected chi connectivity index (χ4v) is 1.93. The van der Waals surface area contributed by atoms with Crippen LogP contribution in [0.25, 0.3) is 0 Å². The van der Waals surface area contributed by atoms with E-state index in [-0.39, 0.29) is 5.75 Å². The van der Waals surface area contributed by atoms with E-state index in [0.717, 1.165) is 6.42 Å². The summed E-state index contributed by atoms with van der Waals surface area (Å²) >= 11 is 3.20. The number of nitrogens with zero attached hydrogens (tertiary/aromatic N) is 1. The third kappa shape index (κ3) is 5.36. The van der Waals surface area contributed by atoms with Crippen LogP contribution in [0, 0.1) is 0 Å². The highest BCUT2D eigenvalue weighted by Crippen LogP contribution is 2.34. The van der Waals surface area contributed by atoms with Crippen LogP contribution in [0.1, 0.15) is 25.8 Å². The molecule has 1 aromatic rings. The number of rotatable bonds is 6. The smallest absolute Gasteiger partial charge is 0.329 e. The summed E-state index contributed by atoms with van der Waals surface area (Å²) in [5, 5.41) is 15.9. The summed E-state index contributed by atoms with van der Waals surface area (Å²) in [7, 11) is 0. The summed E-state index contributed by atoms with van der Waals surface area (Å²) in [5.41, 5.74) is 2.71. The molecule has 0 saturated heterocycles. The third-order valence-corrected chi connectivity index (χ3v) is 3.08. The fraction of sp³-hybridized carbons (Fsp3) is 0.357. The van der Waals surface area contributed by atoms with Gasteiger partial charge in [0.2, 0.25) is 0 Å². The first-order chi connectivity index (χ1) is 10.5. The summed E-state index contributed by atoms with van der Waals surface area (Å²) < 4.78 is 5.71. The van der Waals surface area contributed by atoms with Crippen LogP contribution in [0.2, 0.25) is 0 Å². The van der Waals surface area contributed by atoms with E-state index < -0.39 is 11.8 Å². The second kappa shape index (κ2) is 9.04. The quantitative estimate of drug-likeness (QED) is 0.401. The van der Waals surface area contributed by atoms with Gasteiger partial charge in [-0.2, -0.15) is 5.10 Å². The SMILES string of the molecule is CCCNC(=O)C(=O)N/N=C\c1cc(Br)c(O)c(OCC)c1. The standard InChI is InChI=1S/C14H18BrN3O4/c1-3-5-16-13(20)14(21)18-17-8-9-6-10(15)12(19)11(7-9)22-4-2/h6-8,19H,3-5H2,1-2H3,(H,16,20)(H,18,21)/b17-8-. The predicted octanol–water partition coefficient (Wildman–Crippen LogP) is 1.53. The largest absolute Gasteiger partial charge is 0.503 e. The van der Waals surface area contributed by atoms with Gasteiger partial charge in [-0.3, -0.25) is 9.59 Å². The van der Waals surface area contributed by atoms with Gasteiger partial charge in [-0.1, -0.05) is 6.92 Å². The molecule has 0 aliphatic rings. The molecular weight excluding hydrogens is 354 g/mol. The number of halogens is 1. The van der Waals surface area contributed by atoms with Gasteiger partial charge in [0.15, 0.2) is 11.5 Å². The molecule has 2 amide bonds. The number of phenols is 1. The van der Waals surface area contributed by atoms with Gasteiger partial charge >= 0.3 is 11.8 Å². The van der Waals surface area contributed by atoms with Gasteiger partial charge < -0.3 is 15.2 Å². The number of amides is 2. The van der Waals surface area contributed by atoms with Crippen molar-refractivity contribution in [3.05, 3.63) is 22.2 Å². The third-order valence-electron chi connectivity index (χ3n) is 2.47. The van der Waals surface area contributed by atoms with Gasteiger partial charge in [-0.05, 0) is 47.0 Å². The van der Waals surface area contributed by atoms with Crippen molar-refractivity contribution >= 4 is 34.0 Å². The van der Waals surface area contributed by atoms with Crippen LogP contribution in [-0.4, -0.2) is 36.3 Å². The average molecular weight is 372 g/mol. The van der Waals surface area contributed by atoms with Crippen molar-refractivity contribution in [1.82, 2.24) is 10.7 Å². The normalized spacial score (nSPS) is 10.5. The zero-order valence-corrected chi connectivity index (χ0v) is 13.9. The van der Waals surface area contributed by atoms with E-state index in [4.69, 9.17) is 4.74 Å². The lowest BCUT2D eigenvalue weighted by molar-refractivity contribution is -0.139. The first kappa shape index (κ1) is 18.0. The number of carbonyl (C=O) groups excluding carboxylic acids is 2. The van der Waals surface area contributed by atoms with Crippen molar-refractivity contribution in [3.63, 3.8) is 0 Å². The summed E-state index contributed by atoms with van der Waals surface area (Å²) in [6.45, 7) is 4.51. The molecule has 0 heterocycles. The van der Waals surface area contributed by atoms with Crippen molar-refractivity contribution in [2.45, 2.75) is 20.3 Å². The number of hydrogen-bond donors (Lipinski definition) is 3. The molecule has 0 atom stereocenters. The molecule has 22 heavy (non-hydrogen) atoms. The van der Waals surface area contributed by atoms with Gasteiger partial charge in [0, 0.05) is 6.54 Å². The number of aromatic hydroxyl groups is 1. The van der Waals surface area contributed by atoms with Crippen molar-refractivity contribution in [1.29, 1.82) is 0 Å². The first-order valence-electron chi connectivity index (χ1n) is 6.76. The van der Waals surface area contributed by atoms with E-state index >= 15 is 0 Å². The van der Waals surface area contributed by atoms with E-state index in [0.29, 0.717) is 28.9 Å². The molecule has 0 aliphatic carbocycles. The highest BCUT2D eigenvalue weighted by Gasteiger charge is 2.11. The van der Waals surface area contributed by atoms with E-state index in [2.05, 4.69) is 31.8 Å². The van der Waals surface area contributed by atoms with Crippen molar-refractivity contribution in [3.8, 4) is 11.5 Å². The summed E-state index contributed by atoms with van der Waals surface area (Å²) in [6, 6.07) is 3.17. The highest BCUT2D eigenvalue weighted by molar-refractivity contribution is 9.10. The van der Waals surface area contributed by atoms with Gasteiger partial charge in [0.05, 0.1) is 17.3 Å². The summed E-state index contributed by atoms with van der Waals surface area (Å²) in [4.78, 5) is 22.7. The second-order valence-corrected chi connectivity index (χ2v) is 5.09. The van der Waals surface area contributed by atoms with E-state index in [1.807, 2.05) is 6.92 Å². The zero-order chi connectivity index (χ0) is 16.5. The number of hydrogen-bond acceptors (Lipinski definition) is 5. The Kier molecular flexibility index (Phi) is 7.38. The van der Waals surface area contributed by atoms with Crippen LogP contribution in [-0.2, 0) is 9.59 Å². The first-order valence-corrected chi connectivity index (χ1v) is 7.55. The van der Waals surface area contributed by atoms with Crippen molar-refractivity contribution in [2.75, 3.05) is 13.2 Å². The molecule has 0 radical (unpaired) electrons. The maximum Gasteiger partial charge on any atom is 0.329 e. The molecule has 0 saturated carbocycles. The zero-order valence-electron chi connectivity index (χ0n) is 12.4. The van der Waals surface area contributed by atoms with Gasteiger partial charge in [0.1, 0.15) is 0 Å². The summed E-state index contributed by atoms with van der Waals surface area (Å²) in [5.74, 6) is -1.29. The van der Waals surface area contributed by atoms with E-state index in [9.17, 15) is 14.7 Å². The van der Waals surface area contributed by atoms with Gasteiger partial charge in [0.25, 0.3) is 0 Å². The molecule has 0 unspecified atom stereocenters. The number of nitrogens with one attached hydrogen (secondary N) is 2. The molecular formula is C14H18BrN3O4. The van der Waals surface area contributed by atoms with Crippen LogP contribution in [0.15, 0.2) is 21.7 Å². The Morgan fingerprint density at radius 2 is 2.09 bits per heavy atom. The van der Waals surface area contributed by atoms with Crippen LogP contribution in [0.3, 0.4) is 0 Å². The number of carbonyl (C=O) groups is 2. The number of ether oxygens (including phenoxy) is 1. The maximum absolute atomic E-state index is 11.4. The Labute approximate surface area is 136 Å². The number of phenolic OH excluding ortho intramolecular Hbond substituents is 1. The molecule has 8 heteroatoms. The number of benzene rings is 1. The number of hydrazone groups is 1. The van der Waals surface area contributed by atoms with Crippen LogP contribution in [0.5, 0.6) is 11.5 Å². The Morgan fingerprint density at radius 1 is 1.36 bits per heavy atom. The monoisotopic (exact) mass is 371 g/mol. The summed E-state index contributed by atoms with van der Waals surface area (Å²) in [6.07, 6.45) is 2.09. The minimum atomic E-state index is -0.840. The minimum absolute atomic E-state index is 0.0121. The van der Waals surface area contributed by atoms with Crippen LogP contribution < -0.4 is 15.5 Å². The predicted molar refractivity (Wildman–Crippen MR) is 86.0 cm³/mol. The molecule has 0 aromatic heterocycles. The molecule has 0 aliphatic heterocycles. The molecule has 120 valence electrons. The lowest BCUT2D eigenvalue weighted by Gasteiger charge is -2.08. The van der Waals surface area contributed by atoms with Crippen molar-refractivity contribution < 1.29 is 19.4 Å². The Bertz CT molecular complexity index is 575. The lowest BCUT2D eigenvalue weighted by Crippen LogP contribution is -2.38. The molecule has 3 N–H and O–H groups in total. The molecule has 7 nitrogen and oxygen atoms in total. The molecule has 1 rings (SSSR count). The Hall–Kier alpha value is -2.09. The Morgan fingerprint density at radius 3 is 2.73 bits per heavy atom. The van der Waals surface area contributed by atoms with E-state index in [1.54, 1.807) is 19.1 Å². The topological polar surface area (TPSA) is 100 Å². The molecule has 0 spiro atoms. The molecule has 0 fully saturated rings. The van der Waals surface area contributed by atoms with Gasteiger partial charge in [-0.15, -0.1) is 0 Å². The van der Waals surface area contributed by atoms with Crippen LogP contribution in [0.4, 0.5) is 0 Å². The highest BCUT2D eigenvalue weighted by atomic mass is 79.9. The van der Waals surface area contributed by atoms with Crippen LogP contribution >= 0.6 is 15.9 Å². The lowest BCUT2D eigenvalue weighted by atomic mass is 10.2. The molecule has 0 bridgehead atoms. The van der Waals surface area contributed by atoms with Crippen molar-refractivity contribution in [2.24, 2.45) is 5.10 Å². The molecule has 1 aromatic carbocycles. The van der Waals surface area contributed by atoms with Gasteiger partial charge in [-0.25, -0.2) is 5.43 Å². The fourth-order valence-electron chi connectivity index (χ4n) is 1.47. The second-order valence-electron chi connectivity index (χ2n) is 4.24. The average Bonchev–Trinajstić information content (AvgIpc) is 2.49. The Balaban J connectivity index is 2.70. The minimum Gasteiger partial charge on any atom is -0.503 e. The maximum atomic E-state index is 11.4.